The van der Waals surface area contributed by atoms with Gasteiger partial charge in [-0.15, -0.1) is 30.1 Å². The number of rotatable bonds is 0. The van der Waals surface area contributed by atoms with E-state index in [1.807, 2.05) is 0 Å². The average molecular weight is 232 g/mol. The standard InChI is InChI=1S/C6H8P.2ClH.Ti/c1-5-3-6(2)7-4-5;;;/h3-4H,1-2H3;2*1H;/q-1;;;. The van der Waals surface area contributed by atoms with Crippen molar-refractivity contribution in [1.29, 1.82) is 0 Å². The van der Waals surface area contributed by atoms with Gasteiger partial charge in [0.1, 0.15) is 0 Å². The van der Waals surface area contributed by atoms with Crippen LogP contribution in [0.5, 0.6) is 0 Å². The van der Waals surface area contributed by atoms with Crippen LogP contribution in [0.1, 0.15) is 10.9 Å². The Morgan fingerprint density at radius 3 is 2.00 bits per heavy atom. The van der Waals surface area contributed by atoms with Crippen molar-refractivity contribution in [3.8, 4) is 0 Å². The molecule has 0 bridgehead atoms. The summed E-state index contributed by atoms with van der Waals surface area (Å²) in [5.41, 5.74) is 1.40. The van der Waals surface area contributed by atoms with Crippen molar-refractivity contribution in [2.24, 2.45) is 0 Å². The van der Waals surface area contributed by atoms with Gasteiger partial charge in [0.25, 0.3) is 0 Å². The molecule has 0 atom stereocenters. The van der Waals surface area contributed by atoms with E-state index >= 15 is 0 Å². The zero-order valence-electron chi connectivity index (χ0n) is 5.92. The molecule has 1 heterocycles. The molecule has 10 heavy (non-hydrogen) atoms. The second-order valence-corrected chi connectivity index (χ2v) is 3.01. The molecule has 0 aromatic carbocycles. The molecule has 58 valence electrons. The van der Waals surface area contributed by atoms with Gasteiger partial charge in [-0.25, -0.2) is 8.19 Å². The number of hydrogen-bond donors (Lipinski definition) is 0. The Balaban J connectivity index is -0.000000163. The molecule has 0 radical (unpaired) electrons. The van der Waals surface area contributed by atoms with Crippen LogP contribution < -0.4 is 0 Å². The molecule has 0 aliphatic rings. The zero-order chi connectivity index (χ0) is 5.28. The van der Waals surface area contributed by atoms with E-state index in [9.17, 15) is 0 Å². The van der Waals surface area contributed by atoms with Crippen LogP contribution in [0.2, 0.25) is 0 Å². The second kappa shape index (κ2) is 8.17. The SMILES string of the molecule is Cc1cp[c-](C)c1.Cl.Cl.[Ti]. The first kappa shape index (κ1) is 17.2. The summed E-state index contributed by atoms with van der Waals surface area (Å²) in [5.74, 6) is 2.22. The van der Waals surface area contributed by atoms with Crippen LogP contribution >= 0.6 is 33.0 Å². The molecule has 0 unspecified atom stereocenters. The summed E-state index contributed by atoms with van der Waals surface area (Å²) < 4.78 is 0. The molecule has 4 heteroatoms. The van der Waals surface area contributed by atoms with E-state index < -0.39 is 0 Å². The third kappa shape index (κ3) is 5.83. The van der Waals surface area contributed by atoms with Crippen molar-refractivity contribution in [1.82, 2.24) is 0 Å². The van der Waals surface area contributed by atoms with Gasteiger partial charge < -0.3 is 0 Å². The Labute approximate surface area is 91.0 Å². The molecular formula is C6H10Cl2PTi-. The predicted octanol–water partition coefficient (Wildman–Crippen LogP) is 3.44. The molecule has 0 spiro atoms. The summed E-state index contributed by atoms with van der Waals surface area (Å²) in [6.45, 7) is 4.28. The van der Waals surface area contributed by atoms with E-state index in [-0.39, 0.29) is 46.5 Å². The summed E-state index contributed by atoms with van der Waals surface area (Å²) >= 11 is 0. The smallest absolute Gasteiger partial charge is 0 e. The molecule has 0 saturated carbocycles. The average Bonchev–Trinajstić information content (AvgIpc) is 1.87. The van der Waals surface area contributed by atoms with E-state index in [0.29, 0.717) is 0 Å². The minimum absolute atomic E-state index is 0. The van der Waals surface area contributed by atoms with Crippen molar-refractivity contribution in [2.45, 2.75) is 13.8 Å². The van der Waals surface area contributed by atoms with Gasteiger partial charge in [0.2, 0.25) is 0 Å². The Bertz CT molecular complexity index is 148. The minimum Gasteiger partial charge on any atom is -0.224 e. The maximum atomic E-state index is 2.22. The minimum atomic E-state index is 0. The first-order valence-electron chi connectivity index (χ1n) is 2.35. The van der Waals surface area contributed by atoms with E-state index in [4.69, 9.17) is 0 Å². The van der Waals surface area contributed by atoms with Gasteiger partial charge in [-0.3, -0.25) is 0 Å². The van der Waals surface area contributed by atoms with Gasteiger partial charge in [0.15, 0.2) is 0 Å². The topological polar surface area (TPSA) is 0 Å². The Hall–Kier alpha value is 1.07. The van der Waals surface area contributed by atoms with Crippen LogP contribution in [0.25, 0.3) is 0 Å². The Morgan fingerprint density at radius 1 is 1.40 bits per heavy atom. The van der Waals surface area contributed by atoms with Gasteiger partial charge in [0.05, 0.1) is 0 Å². The van der Waals surface area contributed by atoms with Crippen molar-refractivity contribution in [2.75, 3.05) is 0 Å². The second-order valence-electron chi connectivity index (χ2n) is 1.79. The largest absolute Gasteiger partial charge is 0.224 e. The van der Waals surface area contributed by atoms with E-state index in [1.165, 1.54) is 19.1 Å². The summed E-state index contributed by atoms with van der Waals surface area (Å²) in [4.78, 5) is 0. The summed E-state index contributed by atoms with van der Waals surface area (Å²) in [6, 6.07) is 2.21. The maximum Gasteiger partial charge on any atom is 0 e. The monoisotopic (exact) mass is 231 g/mol. The molecule has 1 aromatic rings. The summed E-state index contributed by atoms with van der Waals surface area (Å²) in [6.07, 6.45) is 0. The predicted molar refractivity (Wildman–Crippen MR) is 48.5 cm³/mol. The molecule has 0 amide bonds. The van der Waals surface area contributed by atoms with Crippen molar-refractivity contribution < 1.29 is 21.7 Å². The Morgan fingerprint density at radius 2 is 1.90 bits per heavy atom. The quantitative estimate of drug-likeness (QED) is 0.474. The van der Waals surface area contributed by atoms with E-state index in [2.05, 4.69) is 25.7 Å². The number of hydrogen-bond acceptors (Lipinski definition) is 0. The van der Waals surface area contributed by atoms with Gasteiger partial charge in [-0.2, -0.15) is 17.4 Å². The van der Waals surface area contributed by atoms with Crippen LogP contribution in [0.4, 0.5) is 0 Å². The fraction of sp³-hybridized carbons (Fsp3) is 0.333. The molecule has 1 rings (SSSR count). The van der Waals surface area contributed by atoms with E-state index in [1.54, 1.807) is 0 Å². The van der Waals surface area contributed by atoms with Gasteiger partial charge in [-0.1, -0.05) is 13.8 Å². The maximum absolute atomic E-state index is 2.22. The molecule has 0 aliphatic carbocycles. The molecule has 0 N–H and O–H groups in total. The first-order chi connectivity index (χ1) is 3.29. The molecule has 0 nitrogen and oxygen atoms in total. The first-order valence-corrected chi connectivity index (χ1v) is 3.31. The summed E-state index contributed by atoms with van der Waals surface area (Å²) in [5, 5.41) is 1.46. The fourth-order valence-electron chi connectivity index (χ4n) is 0.608. The van der Waals surface area contributed by atoms with Crippen molar-refractivity contribution in [3.63, 3.8) is 0 Å². The number of halogens is 2. The van der Waals surface area contributed by atoms with Crippen LogP contribution in [0, 0.1) is 13.8 Å². The molecule has 0 saturated heterocycles. The molecule has 0 fully saturated rings. The van der Waals surface area contributed by atoms with Gasteiger partial charge in [0, 0.05) is 21.7 Å². The van der Waals surface area contributed by atoms with Crippen LogP contribution in [0.15, 0.2) is 11.9 Å². The Kier molecular flexibility index (Phi) is 14.1. The third-order valence-electron chi connectivity index (χ3n) is 0.908. The van der Waals surface area contributed by atoms with Gasteiger partial charge in [-0.05, 0) is 0 Å². The zero-order valence-corrected chi connectivity index (χ0v) is 10.0. The number of aryl methyl sites for hydroxylation is 2. The normalized spacial score (nSPS) is 7.40. The van der Waals surface area contributed by atoms with E-state index in [0.717, 1.165) is 0 Å². The molecular weight excluding hydrogens is 222 g/mol. The van der Waals surface area contributed by atoms with Gasteiger partial charge >= 0.3 is 0 Å². The van der Waals surface area contributed by atoms with Crippen molar-refractivity contribution >= 4 is 33.0 Å². The van der Waals surface area contributed by atoms with Crippen LogP contribution in [-0.2, 0) is 21.7 Å². The third-order valence-corrected chi connectivity index (χ3v) is 1.98. The van der Waals surface area contributed by atoms with Crippen LogP contribution in [-0.4, -0.2) is 0 Å². The van der Waals surface area contributed by atoms with Crippen molar-refractivity contribution in [3.05, 3.63) is 22.7 Å². The summed E-state index contributed by atoms with van der Waals surface area (Å²) in [7, 11) is 1.38. The fourth-order valence-corrected chi connectivity index (χ4v) is 1.37. The van der Waals surface area contributed by atoms with Crippen LogP contribution in [0.3, 0.4) is 0 Å². The molecule has 1 aromatic heterocycles. The molecule has 0 aliphatic heterocycles.